The number of amides is 1. The number of aromatic nitrogens is 1. The second-order valence-electron chi connectivity index (χ2n) is 6.80. The number of pyridine rings is 1. The van der Waals surface area contributed by atoms with E-state index in [0.717, 1.165) is 38.3 Å². The molecule has 1 aromatic rings. The van der Waals surface area contributed by atoms with Gasteiger partial charge < -0.3 is 14.5 Å². The number of anilines is 1. The topological polar surface area (TPSA) is 45.7 Å². The van der Waals surface area contributed by atoms with E-state index in [1.165, 1.54) is 5.56 Å². The van der Waals surface area contributed by atoms with Crippen LogP contribution in [0.1, 0.15) is 32.8 Å². The highest BCUT2D eigenvalue weighted by Crippen LogP contribution is 2.30. The van der Waals surface area contributed by atoms with Crippen LogP contribution in [-0.4, -0.2) is 47.3 Å². The maximum Gasteiger partial charge on any atom is 0.410 e. The molecule has 1 fully saturated rings. The lowest BCUT2D eigenvalue weighted by molar-refractivity contribution is 0.0292. The summed E-state index contributed by atoms with van der Waals surface area (Å²) in [4.78, 5) is 20.8. The summed E-state index contributed by atoms with van der Waals surface area (Å²) >= 11 is 0. The highest BCUT2D eigenvalue weighted by molar-refractivity contribution is 5.69. The lowest BCUT2D eigenvalue weighted by Gasteiger charge is -2.27. The van der Waals surface area contributed by atoms with Crippen LogP contribution in [0.15, 0.2) is 18.3 Å². The number of fused-ring (bicyclic) bond motifs is 1. The average Bonchev–Trinajstić information content (AvgIpc) is 3.03. The van der Waals surface area contributed by atoms with Crippen molar-refractivity contribution in [2.24, 2.45) is 0 Å². The third-order valence-electron chi connectivity index (χ3n) is 4.02. The van der Waals surface area contributed by atoms with Gasteiger partial charge in [-0.05, 0) is 45.2 Å². The maximum absolute atomic E-state index is 12.1. The van der Waals surface area contributed by atoms with Gasteiger partial charge in [-0.25, -0.2) is 9.78 Å². The summed E-state index contributed by atoms with van der Waals surface area (Å²) in [6, 6.07) is 4.49. The Bertz CT molecular complexity index is 539. The van der Waals surface area contributed by atoms with Gasteiger partial charge in [-0.1, -0.05) is 6.07 Å². The van der Waals surface area contributed by atoms with Crippen LogP contribution in [0.5, 0.6) is 0 Å². The smallest absolute Gasteiger partial charge is 0.410 e. The minimum atomic E-state index is -0.434. The Labute approximate surface area is 125 Å². The van der Waals surface area contributed by atoms with E-state index in [9.17, 15) is 4.79 Å². The molecule has 1 unspecified atom stereocenters. The van der Waals surface area contributed by atoms with Crippen molar-refractivity contribution in [3.05, 3.63) is 23.9 Å². The molecule has 0 aromatic carbocycles. The first-order valence-electron chi connectivity index (χ1n) is 7.62. The monoisotopic (exact) mass is 289 g/mol. The van der Waals surface area contributed by atoms with Gasteiger partial charge in [-0.3, -0.25) is 0 Å². The lowest BCUT2D eigenvalue weighted by atomic mass is 10.2. The fourth-order valence-electron chi connectivity index (χ4n) is 3.07. The minimum absolute atomic E-state index is 0.203. The van der Waals surface area contributed by atoms with Crippen LogP contribution in [0.25, 0.3) is 0 Å². The summed E-state index contributed by atoms with van der Waals surface area (Å²) in [6.07, 6.45) is 3.67. The Morgan fingerprint density at radius 3 is 2.95 bits per heavy atom. The zero-order chi connectivity index (χ0) is 15.0. The molecule has 0 N–H and O–H groups in total. The molecule has 3 heterocycles. The van der Waals surface area contributed by atoms with E-state index in [1.807, 2.05) is 37.9 Å². The van der Waals surface area contributed by atoms with Crippen molar-refractivity contribution in [1.29, 1.82) is 0 Å². The molecule has 21 heavy (non-hydrogen) atoms. The summed E-state index contributed by atoms with van der Waals surface area (Å²) < 4.78 is 5.45. The molecule has 0 spiro atoms. The van der Waals surface area contributed by atoms with E-state index >= 15 is 0 Å². The van der Waals surface area contributed by atoms with Crippen LogP contribution < -0.4 is 4.90 Å². The van der Waals surface area contributed by atoms with Gasteiger partial charge in [0, 0.05) is 31.9 Å². The summed E-state index contributed by atoms with van der Waals surface area (Å²) in [5.74, 6) is 1.09. The molecule has 0 bridgehead atoms. The number of nitrogens with zero attached hydrogens (tertiary/aromatic N) is 3. The van der Waals surface area contributed by atoms with Crippen molar-refractivity contribution in [3.8, 4) is 0 Å². The molecule has 2 aliphatic rings. The largest absolute Gasteiger partial charge is 0.444 e. The molecule has 3 rings (SSSR count). The summed E-state index contributed by atoms with van der Waals surface area (Å²) in [5, 5.41) is 0. The molecule has 2 aliphatic heterocycles. The number of ether oxygens (including phenoxy) is 1. The Morgan fingerprint density at radius 1 is 1.38 bits per heavy atom. The number of likely N-dealkylation sites (tertiary alicyclic amines) is 1. The van der Waals surface area contributed by atoms with Crippen LogP contribution in [0.4, 0.5) is 10.6 Å². The zero-order valence-corrected chi connectivity index (χ0v) is 13.0. The van der Waals surface area contributed by atoms with Gasteiger partial charge in [0.05, 0.1) is 0 Å². The van der Waals surface area contributed by atoms with E-state index < -0.39 is 5.60 Å². The Kier molecular flexibility index (Phi) is 3.51. The first-order chi connectivity index (χ1) is 9.94. The van der Waals surface area contributed by atoms with E-state index in [-0.39, 0.29) is 6.09 Å². The van der Waals surface area contributed by atoms with Crippen molar-refractivity contribution in [2.45, 2.75) is 45.3 Å². The summed E-state index contributed by atoms with van der Waals surface area (Å²) in [5.41, 5.74) is 0.880. The Morgan fingerprint density at radius 2 is 2.19 bits per heavy atom. The van der Waals surface area contributed by atoms with Gasteiger partial charge in [0.15, 0.2) is 0 Å². The third-order valence-corrected chi connectivity index (χ3v) is 4.02. The number of hydrogen-bond acceptors (Lipinski definition) is 4. The lowest BCUT2D eigenvalue weighted by Crippen LogP contribution is -2.40. The molecule has 114 valence electrons. The Hall–Kier alpha value is -1.78. The fraction of sp³-hybridized carbons (Fsp3) is 0.625. The quantitative estimate of drug-likeness (QED) is 0.796. The third kappa shape index (κ3) is 2.96. The molecule has 5 nitrogen and oxygen atoms in total. The highest BCUT2D eigenvalue weighted by atomic mass is 16.6. The van der Waals surface area contributed by atoms with Crippen molar-refractivity contribution < 1.29 is 9.53 Å². The maximum atomic E-state index is 12.1. The van der Waals surface area contributed by atoms with Crippen LogP contribution >= 0.6 is 0 Å². The van der Waals surface area contributed by atoms with E-state index in [1.54, 1.807) is 0 Å². The second kappa shape index (κ2) is 5.20. The number of rotatable bonds is 1. The standard InChI is InChI=1S/C16H23N3O2/c1-16(2,3)21-15(20)18-9-7-13(11-18)19-10-6-12-5-4-8-17-14(12)19/h4-5,8,13H,6-7,9-11H2,1-3H3. The number of carbonyl (C=O) groups excluding carboxylic acids is 1. The zero-order valence-electron chi connectivity index (χ0n) is 13.0. The van der Waals surface area contributed by atoms with E-state index in [2.05, 4.69) is 16.0 Å². The van der Waals surface area contributed by atoms with E-state index in [4.69, 9.17) is 4.74 Å². The first kappa shape index (κ1) is 14.2. The molecule has 0 saturated carbocycles. The molecule has 1 amide bonds. The van der Waals surface area contributed by atoms with Crippen molar-refractivity contribution in [2.75, 3.05) is 24.5 Å². The summed E-state index contributed by atoms with van der Waals surface area (Å²) in [7, 11) is 0. The van der Waals surface area contributed by atoms with Crippen LogP contribution in [0, 0.1) is 0 Å². The van der Waals surface area contributed by atoms with Crippen LogP contribution in [0.3, 0.4) is 0 Å². The molecule has 1 saturated heterocycles. The highest BCUT2D eigenvalue weighted by Gasteiger charge is 2.35. The van der Waals surface area contributed by atoms with Crippen LogP contribution in [0.2, 0.25) is 0 Å². The van der Waals surface area contributed by atoms with Gasteiger partial charge in [0.25, 0.3) is 0 Å². The normalized spacial score (nSPS) is 21.6. The second-order valence-corrected chi connectivity index (χ2v) is 6.80. The fourth-order valence-corrected chi connectivity index (χ4v) is 3.07. The van der Waals surface area contributed by atoms with Gasteiger partial charge >= 0.3 is 6.09 Å². The first-order valence-corrected chi connectivity index (χ1v) is 7.62. The van der Waals surface area contributed by atoms with Gasteiger partial charge in [0.2, 0.25) is 0 Å². The molecule has 0 aliphatic carbocycles. The van der Waals surface area contributed by atoms with Gasteiger partial charge in [-0.2, -0.15) is 0 Å². The number of carbonyl (C=O) groups is 1. The SMILES string of the molecule is CC(C)(C)OC(=O)N1CCC(N2CCc3cccnc32)C1. The molecule has 5 heteroatoms. The summed E-state index contributed by atoms with van der Waals surface area (Å²) in [6.45, 7) is 8.19. The Balaban J connectivity index is 1.65. The molecule has 1 aromatic heterocycles. The average molecular weight is 289 g/mol. The van der Waals surface area contributed by atoms with Crippen molar-refractivity contribution in [1.82, 2.24) is 9.88 Å². The molecular formula is C16H23N3O2. The molecule has 0 radical (unpaired) electrons. The number of hydrogen-bond donors (Lipinski definition) is 0. The van der Waals surface area contributed by atoms with Crippen molar-refractivity contribution >= 4 is 11.9 Å². The molecule has 1 atom stereocenters. The minimum Gasteiger partial charge on any atom is -0.444 e. The van der Waals surface area contributed by atoms with Gasteiger partial charge in [-0.15, -0.1) is 0 Å². The predicted octanol–water partition coefficient (Wildman–Crippen LogP) is 2.45. The van der Waals surface area contributed by atoms with Crippen molar-refractivity contribution in [3.63, 3.8) is 0 Å². The van der Waals surface area contributed by atoms with Crippen LogP contribution in [-0.2, 0) is 11.2 Å². The predicted molar refractivity (Wildman–Crippen MR) is 81.5 cm³/mol. The molecular weight excluding hydrogens is 266 g/mol. The van der Waals surface area contributed by atoms with E-state index in [0.29, 0.717) is 6.04 Å². The van der Waals surface area contributed by atoms with Gasteiger partial charge in [0.1, 0.15) is 11.4 Å².